The number of hydrogen-bond acceptors (Lipinski definition) is 6. The Labute approximate surface area is 211 Å². The number of piperidine rings is 1. The zero-order chi connectivity index (χ0) is 25.9. The van der Waals surface area contributed by atoms with Gasteiger partial charge in [-0.05, 0) is 61.9 Å². The average Bonchev–Trinajstić information content (AvgIpc) is 3.31. The lowest BCUT2D eigenvalue weighted by atomic mass is 9.87. The minimum Gasteiger partial charge on any atom is -0.342 e. The highest BCUT2D eigenvalue weighted by atomic mass is 32.2. The van der Waals surface area contributed by atoms with Crippen LogP contribution in [0.15, 0.2) is 53.7 Å². The lowest BCUT2D eigenvalue weighted by Gasteiger charge is -2.34. The molecule has 3 aromatic rings. The van der Waals surface area contributed by atoms with E-state index in [1.165, 1.54) is 6.07 Å². The second kappa shape index (κ2) is 10.6. The summed E-state index contributed by atoms with van der Waals surface area (Å²) in [7, 11) is -4.15. The van der Waals surface area contributed by atoms with Gasteiger partial charge in [-0.1, -0.05) is 19.1 Å². The number of carbonyl (C=O) groups excluding carboxylic acids is 1. The smallest absolute Gasteiger partial charge is 0.238 e. The SMILES string of the molecule is Cc1nccc(-c2cccc(S(N)(=O)=O)c2C(CCn2cccc2C#N)C(=O)N2CCC(C)CC2)n1. The number of sulfonamides is 1. The number of amides is 1. The van der Waals surface area contributed by atoms with Crippen molar-refractivity contribution in [3.63, 3.8) is 0 Å². The minimum atomic E-state index is -4.15. The molecule has 188 valence electrons. The number of nitrogens with two attached hydrogens (primary N) is 1. The molecule has 9 nitrogen and oxygen atoms in total. The van der Waals surface area contributed by atoms with Crippen molar-refractivity contribution in [2.24, 2.45) is 11.1 Å². The zero-order valence-corrected chi connectivity index (χ0v) is 21.3. The van der Waals surface area contributed by atoms with Crippen LogP contribution in [-0.2, 0) is 21.4 Å². The van der Waals surface area contributed by atoms with E-state index in [0.717, 1.165) is 12.8 Å². The second-order valence-electron chi connectivity index (χ2n) is 9.30. The molecule has 0 aliphatic carbocycles. The van der Waals surface area contributed by atoms with E-state index in [0.29, 0.717) is 53.9 Å². The van der Waals surface area contributed by atoms with Crippen molar-refractivity contribution < 1.29 is 13.2 Å². The first-order valence-corrected chi connectivity index (χ1v) is 13.5. The first kappa shape index (κ1) is 25.5. The van der Waals surface area contributed by atoms with E-state index in [1.807, 2.05) is 4.90 Å². The first-order chi connectivity index (χ1) is 17.2. The summed E-state index contributed by atoms with van der Waals surface area (Å²) in [6, 6.07) is 12.1. The number of aromatic nitrogens is 3. The molecule has 3 heterocycles. The molecule has 1 amide bonds. The van der Waals surface area contributed by atoms with E-state index in [1.54, 1.807) is 54.2 Å². The third-order valence-electron chi connectivity index (χ3n) is 6.77. The standard InChI is InChI=1S/C26H30N6O3S/c1-18-9-14-32(15-10-18)26(33)22(11-16-31-13-4-5-20(31)17-27)25-21(23-8-12-29-19(2)30-23)6-3-7-24(25)36(28,34)35/h3-8,12-13,18,22H,9-11,14-16H2,1-2H3,(H2,28,34,35). The van der Waals surface area contributed by atoms with Gasteiger partial charge in [0.15, 0.2) is 0 Å². The summed E-state index contributed by atoms with van der Waals surface area (Å²) in [4.78, 5) is 24.4. The van der Waals surface area contributed by atoms with Crippen LogP contribution in [0.3, 0.4) is 0 Å². The Morgan fingerprint density at radius 1 is 1.22 bits per heavy atom. The summed E-state index contributed by atoms with van der Waals surface area (Å²) in [5, 5.41) is 15.1. The maximum absolute atomic E-state index is 14.0. The molecule has 2 N–H and O–H groups in total. The highest BCUT2D eigenvalue weighted by Crippen LogP contribution is 2.37. The molecule has 1 unspecified atom stereocenters. The molecule has 1 aromatic carbocycles. The van der Waals surface area contributed by atoms with Crippen LogP contribution < -0.4 is 5.14 Å². The molecular weight excluding hydrogens is 476 g/mol. The van der Waals surface area contributed by atoms with Crippen LogP contribution >= 0.6 is 0 Å². The molecule has 36 heavy (non-hydrogen) atoms. The number of likely N-dealkylation sites (tertiary alicyclic amines) is 1. The number of aryl methyl sites for hydroxylation is 2. The van der Waals surface area contributed by atoms with E-state index in [2.05, 4.69) is 23.0 Å². The summed E-state index contributed by atoms with van der Waals surface area (Å²) < 4.78 is 27.3. The maximum atomic E-state index is 14.0. The lowest BCUT2D eigenvalue weighted by Crippen LogP contribution is -2.41. The third-order valence-corrected chi connectivity index (χ3v) is 7.74. The van der Waals surface area contributed by atoms with Crippen molar-refractivity contribution in [3.05, 3.63) is 65.9 Å². The molecule has 10 heteroatoms. The molecule has 0 spiro atoms. The van der Waals surface area contributed by atoms with Gasteiger partial charge in [0.05, 0.1) is 16.5 Å². The fourth-order valence-electron chi connectivity index (χ4n) is 4.80. The van der Waals surface area contributed by atoms with Crippen LogP contribution in [0.1, 0.15) is 49.2 Å². The van der Waals surface area contributed by atoms with Crippen LogP contribution in [-0.4, -0.2) is 46.8 Å². The van der Waals surface area contributed by atoms with Crippen LogP contribution in [0, 0.1) is 24.2 Å². The zero-order valence-electron chi connectivity index (χ0n) is 20.5. The normalized spacial score (nSPS) is 15.4. The number of nitrogens with zero attached hydrogens (tertiary/aromatic N) is 5. The largest absolute Gasteiger partial charge is 0.342 e. The average molecular weight is 507 g/mol. The summed E-state index contributed by atoms with van der Waals surface area (Å²) in [5.41, 5.74) is 1.86. The molecule has 1 atom stereocenters. The molecule has 1 saturated heterocycles. The highest BCUT2D eigenvalue weighted by Gasteiger charge is 2.34. The predicted octanol–water partition coefficient (Wildman–Crippen LogP) is 3.21. The minimum absolute atomic E-state index is 0.0898. The Morgan fingerprint density at radius 3 is 2.64 bits per heavy atom. The molecule has 0 bridgehead atoms. The van der Waals surface area contributed by atoms with Gasteiger partial charge in [0.25, 0.3) is 0 Å². The van der Waals surface area contributed by atoms with Crippen molar-refractivity contribution in [1.29, 1.82) is 5.26 Å². The van der Waals surface area contributed by atoms with Gasteiger partial charge >= 0.3 is 0 Å². The van der Waals surface area contributed by atoms with E-state index in [-0.39, 0.29) is 17.2 Å². The third kappa shape index (κ3) is 5.48. The monoisotopic (exact) mass is 506 g/mol. The van der Waals surface area contributed by atoms with Crippen LogP contribution in [0.2, 0.25) is 0 Å². The summed E-state index contributed by atoms with van der Waals surface area (Å²) in [6.45, 7) is 5.50. The predicted molar refractivity (Wildman–Crippen MR) is 135 cm³/mol. The fraction of sp³-hybridized carbons (Fsp3) is 0.385. The van der Waals surface area contributed by atoms with Crippen molar-refractivity contribution in [1.82, 2.24) is 19.4 Å². The topological polar surface area (TPSA) is 135 Å². The Bertz CT molecular complexity index is 1400. The fourth-order valence-corrected chi connectivity index (χ4v) is 5.63. The molecule has 0 saturated carbocycles. The second-order valence-corrected chi connectivity index (χ2v) is 10.8. The molecule has 1 aliphatic rings. The number of carbonyl (C=O) groups is 1. The Balaban J connectivity index is 1.86. The van der Waals surface area contributed by atoms with Gasteiger partial charge in [-0.15, -0.1) is 0 Å². The molecule has 1 fully saturated rings. The van der Waals surface area contributed by atoms with E-state index in [9.17, 15) is 18.5 Å². The summed E-state index contributed by atoms with van der Waals surface area (Å²) in [5.74, 6) is 0.114. The summed E-state index contributed by atoms with van der Waals surface area (Å²) >= 11 is 0. The van der Waals surface area contributed by atoms with Gasteiger partial charge in [-0.3, -0.25) is 4.79 Å². The molecule has 0 radical (unpaired) electrons. The van der Waals surface area contributed by atoms with Crippen LogP contribution in [0.25, 0.3) is 11.3 Å². The van der Waals surface area contributed by atoms with Crippen molar-refractivity contribution in [2.75, 3.05) is 13.1 Å². The van der Waals surface area contributed by atoms with E-state index in [4.69, 9.17) is 5.14 Å². The van der Waals surface area contributed by atoms with Gasteiger partial charge in [0, 0.05) is 37.6 Å². The van der Waals surface area contributed by atoms with Gasteiger partial charge in [-0.2, -0.15) is 5.26 Å². The highest BCUT2D eigenvalue weighted by molar-refractivity contribution is 7.89. The number of hydrogen-bond donors (Lipinski definition) is 1. The van der Waals surface area contributed by atoms with Crippen LogP contribution in [0.4, 0.5) is 0 Å². The van der Waals surface area contributed by atoms with Crippen LogP contribution in [0.5, 0.6) is 0 Å². The maximum Gasteiger partial charge on any atom is 0.238 e. The lowest BCUT2D eigenvalue weighted by molar-refractivity contribution is -0.134. The number of benzene rings is 1. The number of rotatable bonds is 7. The van der Waals surface area contributed by atoms with Crippen molar-refractivity contribution in [2.45, 2.75) is 50.5 Å². The van der Waals surface area contributed by atoms with E-state index >= 15 is 0 Å². The van der Waals surface area contributed by atoms with Gasteiger partial charge in [0.1, 0.15) is 17.6 Å². The molecule has 1 aliphatic heterocycles. The molecule has 4 rings (SSSR count). The van der Waals surface area contributed by atoms with Gasteiger partial charge in [-0.25, -0.2) is 23.5 Å². The Morgan fingerprint density at radius 2 is 1.97 bits per heavy atom. The Hall–Kier alpha value is -3.55. The van der Waals surface area contributed by atoms with Gasteiger partial charge < -0.3 is 9.47 Å². The molecular formula is C26H30N6O3S. The summed E-state index contributed by atoms with van der Waals surface area (Å²) in [6.07, 6.45) is 5.46. The Kier molecular flexibility index (Phi) is 7.52. The molecule has 2 aromatic heterocycles. The first-order valence-electron chi connectivity index (χ1n) is 12.0. The number of primary sulfonamides is 1. The van der Waals surface area contributed by atoms with E-state index < -0.39 is 15.9 Å². The van der Waals surface area contributed by atoms with Crippen molar-refractivity contribution in [3.8, 4) is 17.3 Å². The van der Waals surface area contributed by atoms with Crippen molar-refractivity contribution >= 4 is 15.9 Å². The number of nitriles is 1. The van der Waals surface area contributed by atoms with Gasteiger partial charge in [0.2, 0.25) is 15.9 Å². The quantitative estimate of drug-likeness (QED) is 0.523.